The smallest absolute Gasteiger partial charge is 0.228 e. The number of anilines is 1. The summed E-state index contributed by atoms with van der Waals surface area (Å²) in [5.74, 6) is 1.05. The number of amides is 2. The number of aromatic nitrogens is 1. The lowest BCUT2D eigenvalue weighted by molar-refractivity contribution is -0.134. The maximum atomic E-state index is 13.1. The van der Waals surface area contributed by atoms with E-state index in [4.69, 9.17) is 4.52 Å². The van der Waals surface area contributed by atoms with Crippen molar-refractivity contribution in [3.63, 3.8) is 0 Å². The Hall–Kier alpha value is -3.41. The molecule has 3 aromatic rings. The second-order valence-corrected chi connectivity index (χ2v) is 8.05. The molecule has 6 heteroatoms. The zero-order chi connectivity index (χ0) is 21.6. The largest absolute Gasteiger partial charge is 0.360 e. The molecule has 31 heavy (non-hydrogen) atoms. The van der Waals surface area contributed by atoms with Crippen LogP contribution >= 0.6 is 0 Å². The summed E-state index contributed by atoms with van der Waals surface area (Å²) in [6.45, 7) is 2.96. The van der Waals surface area contributed by atoms with E-state index < -0.39 is 0 Å². The summed E-state index contributed by atoms with van der Waals surface area (Å²) in [5, 5.41) is 6.62. The van der Waals surface area contributed by atoms with E-state index in [0.717, 1.165) is 11.1 Å². The highest BCUT2D eigenvalue weighted by Gasteiger charge is 2.29. The van der Waals surface area contributed by atoms with Crippen LogP contribution in [0, 0.1) is 12.8 Å². The molecule has 2 heterocycles. The highest BCUT2D eigenvalue weighted by Crippen LogP contribution is 2.29. The lowest BCUT2D eigenvalue weighted by Gasteiger charge is -2.32. The topological polar surface area (TPSA) is 75.4 Å². The van der Waals surface area contributed by atoms with Gasteiger partial charge in [0.1, 0.15) is 5.76 Å². The molecule has 0 radical (unpaired) electrons. The number of nitrogens with zero attached hydrogens (tertiary/aromatic N) is 2. The van der Waals surface area contributed by atoms with Gasteiger partial charge in [0, 0.05) is 37.4 Å². The third kappa shape index (κ3) is 5.20. The van der Waals surface area contributed by atoms with Crippen molar-refractivity contribution in [1.29, 1.82) is 0 Å². The molecule has 1 N–H and O–H groups in total. The van der Waals surface area contributed by atoms with Crippen molar-refractivity contribution in [3.05, 3.63) is 83.6 Å². The number of aryl methyl sites for hydroxylation is 1. The van der Waals surface area contributed by atoms with Crippen LogP contribution in [0.2, 0.25) is 0 Å². The molecule has 4 rings (SSSR count). The Morgan fingerprint density at radius 1 is 1.03 bits per heavy atom. The van der Waals surface area contributed by atoms with Gasteiger partial charge in [0.2, 0.25) is 11.8 Å². The van der Waals surface area contributed by atoms with E-state index in [0.29, 0.717) is 43.9 Å². The van der Waals surface area contributed by atoms with Crippen LogP contribution in [0.1, 0.15) is 42.1 Å². The molecule has 2 aromatic carbocycles. The molecular weight excluding hydrogens is 390 g/mol. The maximum Gasteiger partial charge on any atom is 0.228 e. The van der Waals surface area contributed by atoms with Crippen molar-refractivity contribution in [1.82, 2.24) is 10.1 Å². The quantitative estimate of drug-likeness (QED) is 0.646. The van der Waals surface area contributed by atoms with Crippen molar-refractivity contribution in [2.45, 2.75) is 32.1 Å². The molecule has 0 spiro atoms. The monoisotopic (exact) mass is 417 g/mol. The van der Waals surface area contributed by atoms with Crippen LogP contribution in [0.3, 0.4) is 0 Å². The Bertz CT molecular complexity index is 969. The van der Waals surface area contributed by atoms with Crippen molar-refractivity contribution >= 4 is 17.6 Å². The number of likely N-dealkylation sites (tertiary alicyclic amines) is 1. The third-order valence-electron chi connectivity index (χ3n) is 5.88. The van der Waals surface area contributed by atoms with Crippen molar-refractivity contribution in [2.24, 2.45) is 5.92 Å². The van der Waals surface area contributed by atoms with Gasteiger partial charge in [0.25, 0.3) is 0 Å². The normalized spacial score (nSPS) is 14.6. The summed E-state index contributed by atoms with van der Waals surface area (Å²) < 4.78 is 4.99. The van der Waals surface area contributed by atoms with Gasteiger partial charge < -0.3 is 14.7 Å². The van der Waals surface area contributed by atoms with E-state index in [1.807, 2.05) is 41.3 Å². The first-order chi connectivity index (χ1) is 15.1. The highest BCUT2D eigenvalue weighted by molar-refractivity contribution is 5.91. The number of nitrogens with one attached hydrogen (secondary N) is 1. The van der Waals surface area contributed by atoms with E-state index in [-0.39, 0.29) is 23.7 Å². The third-order valence-corrected chi connectivity index (χ3v) is 5.88. The Morgan fingerprint density at radius 3 is 2.13 bits per heavy atom. The number of hydrogen-bond donors (Lipinski definition) is 1. The second kappa shape index (κ2) is 9.60. The molecule has 1 aliphatic heterocycles. The van der Waals surface area contributed by atoms with Gasteiger partial charge in [-0.2, -0.15) is 0 Å². The predicted octanol–water partition coefficient (Wildman–Crippen LogP) is 4.38. The Morgan fingerprint density at radius 2 is 1.61 bits per heavy atom. The first-order valence-corrected chi connectivity index (χ1v) is 10.7. The number of piperidine rings is 1. The van der Waals surface area contributed by atoms with Gasteiger partial charge in [-0.05, 0) is 30.9 Å². The van der Waals surface area contributed by atoms with Gasteiger partial charge in [-0.3, -0.25) is 9.59 Å². The highest BCUT2D eigenvalue weighted by atomic mass is 16.5. The zero-order valence-electron chi connectivity index (χ0n) is 17.7. The summed E-state index contributed by atoms with van der Waals surface area (Å²) in [4.78, 5) is 27.5. The van der Waals surface area contributed by atoms with Crippen LogP contribution in [-0.2, 0) is 9.59 Å². The summed E-state index contributed by atoms with van der Waals surface area (Å²) in [7, 11) is 0. The van der Waals surface area contributed by atoms with Gasteiger partial charge in [-0.1, -0.05) is 65.8 Å². The summed E-state index contributed by atoms with van der Waals surface area (Å²) in [6.07, 6.45) is 1.72. The van der Waals surface area contributed by atoms with Crippen LogP contribution in [0.4, 0.5) is 5.82 Å². The van der Waals surface area contributed by atoms with E-state index in [2.05, 4.69) is 34.7 Å². The van der Waals surface area contributed by atoms with Crippen molar-refractivity contribution in [2.75, 3.05) is 18.4 Å². The molecule has 1 fully saturated rings. The van der Waals surface area contributed by atoms with Gasteiger partial charge >= 0.3 is 0 Å². The number of benzene rings is 2. The Labute approximate surface area is 182 Å². The fraction of sp³-hybridized carbons (Fsp3) is 0.320. The van der Waals surface area contributed by atoms with Gasteiger partial charge in [0.05, 0.1) is 0 Å². The summed E-state index contributed by atoms with van der Waals surface area (Å²) in [5.41, 5.74) is 2.28. The summed E-state index contributed by atoms with van der Waals surface area (Å²) in [6, 6.07) is 22.0. The Kier molecular flexibility index (Phi) is 6.46. The predicted molar refractivity (Wildman–Crippen MR) is 119 cm³/mol. The second-order valence-electron chi connectivity index (χ2n) is 8.05. The molecular formula is C25H27N3O3. The first kappa shape index (κ1) is 20.8. The number of hydrogen-bond acceptors (Lipinski definition) is 4. The minimum absolute atomic E-state index is 0.0197. The molecule has 0 saturated carbocycles. The van der Waals surface area contributed by atoms with E-state index in [1.54, 1.807) is 13.0 Å². The van der Waals surface area contributed by atoms with Crippen LogP contribution in [0.15, 0.2) is 71.3 Å². The fourth-order valence-electron chi connectivity index (χ4n) is 4.15. The van der Waals surface area contributed by atoms with Crippen LogP contribution < -0.4 is 5.32 Å². The maximum absolute atomic E-state index is 13.1. The van der Waals surface area contributed by atoms with Crippen molar-refractivity contribution in [3.8, 4) is 0 Å². The lowest BCUT2D eigenvalue weighted by atomic mass is 9.87. The lowest BCUT2D eigenvalue weighted by Crippen LogP contribution is -2.42. The van der Waals surface area contributed by atoms with Crippen LogP contribution in [0.25, 0.3) is 0 Å². The van der Waals surface area contributed by atoms with E-state index in [1.165, 1.54) is 0 Å². The SMILES string of the molecule is Cc1cc(NC(=O)C2CCN(C(=O)CC(c3ccccc3)c3ccccc3)CC2)no1. The van der Waals surface area contributed by atoms with Crippen LogP contribution in [-0.4, -0.2) is 35.0 Å². The van der Waals surface area contributed by atoms with Crippen molar-refractivity contribution < 1.29 is 14.1 Å². The average molecular weight is 418 g/mol. The zero-order valence-corrected chi connectivity index (χ0v) is 17.7. The number of carbonyl (C=O) groups excluding carboxylic acids is 2. The molecule has 6 nitrogen and oxygen atoms in total. The summed E-state index contributed by atoms with van der Waals surface area (Å²) >= 11 is 0. The molecule has 2 amide bonds. The minimum atomic E-state index is -0.125. The van der Waals surface area contributed by atoms with E-state index >= 15 is 0 Å². The molecule has 1 saturated heterocycles. The minimum Gasteiger partial charge on any atom is -0.360 e. The number of rotatable bonds is 6. The molecule has 1 aliphatic rings. The van der Waals surface area contributed by atoms with Crippen LogP contribution in [0.5, 0.6) is 0 Å². The van der Waals surface area contributed by atoms with Gasteiger partial charge in [-0.25, -0.2) is 0 Å². The van der Waals surface area contributed by atoms with E-state index in [9.17, 15) is 9.59 Å². The fourth-order valence-corrected chi connectivity index (χ4v) is 4.15. The average Bonchev–Trinajstić information content (AvgIpc) is 3.23. The molecule has 0 unspecified atom stereocenters. The van der Waals surface area contributed by atoms with Gasteiger partial charge in [0.15, 0.2) is 5.82 Å². The first-order valence-electron chi connectivity index (χ1n) is 10.7. The standard InChI is InChI=1S/C25H27N3O3/c1-18-16-23(27-31-18)26-25(30)21-12-14-28(15-13-21)24(29)17-22(19-8-4-2-5-9-19)20-10-6-3-7-11-20/h2-11,16,21-22H,12-15,17H2,1H3,(H,26,27,30). The molecule has 1 aromatic heterocycles. The molecule has 0 atom stereocenters. The molecule has 0 aliphatic carbocycles. The Balaban J connectivity index is 1.36. The number of carbonyl (C=O) groups is 2. The van der Waals surface area contributed by atoms with Gasteiger partial charge in [-0.15, -0.1) is 0 Å². The molecule has 160 valence electrons. The molecule has 0 bridgehead atoms.